The molecule has 2 aromatic rings. The van der Waals surface area contributed by atoms with E-state index in [4.69, 9.17) is 4.78 Å². The second kappa shape index (κ2) is 6.27. The van der Waals surface area contributed by atoms with E-state index in [-0.39, 0.29) is 12.3 Å². The van der Waals surface area contributed by atoms with Crippen LogP contribution < -0.4 is 4.72 Å². The van der Waals surface area contributed by atoms with Crippen LogP contribution in [0.1, 0.15) is 11.1 Å². The van der Waals surface area contributed by atoms with Gasteiger partial charge in [0.05, 0.1) is 15.5 Å². The number of benzene rings is 1. The largest absolute Gasteiger partial charge is 0.249 e. The van der Waals surface area contributed by atoms with Gasteiger partial charge in [-0.2, -0.15) is 11.3 Å². The van der Waals surface area contributed by atoms with E-state index < -0.39 is 19.8 Å². The molecule has 1 heterocycles. The fourth-order valence-corrected chi connectivity index (χ4v) is 4.33. The van der Waals surface area contributed by atoms with Crippen LogP contribution in [0.25, 0.3) is 0 Å². The van der Waals surface area contributed by atoms with Crippen molar-refractivity contribution in [3.63, 3.8) is 0 Å². The van der Waals surface area contributed by atoms with Crippen LogP contribution in [-0.4, -0.2) is 18.9 Å². The monoisotopic (exact) mass is 344 g/mol. The molecule has 1 atom stereocenters. The fraction of sp³-hybridized carbons (Fsp3) is 0.231. The van der Waals surface area contributed by atoms with Gasteiger partial charge in [0.15, 0.2) is 0 Å². The quantitative estimate of drug-likeness (QED) is 0.843. The first-order valence-electron chi connectivity index (χ1n) is 6.07. The van der Waals surface area contributed by atoms with Crippen molar-refractivity contribution in [1.82, 2.24) is 4.72 Å². The molecule has 2 rings (SSSR count). The first-order valence-corrected chi connectivity index (χ1v) is 10.6. The van der Waals surface area contributed by atoms with Crippen LogP contribution in [0.2, 0.25) is 0 Å². The first-order chi connectivity index (χ1) is 9.76. The minimum atomic E-state index is -3.41. The lowest BCUT2D eigenvalue weighted by molar-refractivity contribution is 0.580. The van der Waals surface area contributed by atoms with Crippen LogP contribution in [0.4, 0.5) is 0 Å². The Bertz CT molecular complexity index is 810. The van der Waals surface area contributed by atoms with Gasteiger partial charge in [0.1, 0.15) is 0 Å². The number of hydrogen-bond donors (Lipinski definition) is 2. The Balaban J connectivity index is 2.06. The summed E-state index contributed by atoms with van der Waals surface area (Å²) in [5.74, 6) is -0.0564. The number of rotatable bonds is 6. The molecule has 0 amide bonds. The third kappa shape index (κ3) is 4.92. The van der Waals surface area contributed by atoms with Crippen molar-refractivity contribution in [1.29, 1.82) is 4.78 Å². The summed E-state index contributed by atoms with van der Waals surface area (Å²) in [6.45, 7) is 0.121. The molecule has 0 aliphatic heterocycles. The van der Waals surface area contributed by atoms with E-state index in [2.05, 4.69) is 4.72 Å². The SMILES string of the molecule is CS(=N)(=O)c1cccc(CNS(=O)(=O)Cc2ccsc2)c1. The van der Waals surface area contributed by atoms with Crippen molar-refractivity contribution in [2.45, 2.75) is 17.2 Å². The predicted molar refractivity (Wildman–Crippen MR) is 85.3 cm³/mol. The highest BCUT2D eigenvalue weighted by molar-refractivity contribution is 7.91. The van der Waals surface area contributed by atoms with Crippen molar-refractivity contribution in [2.75, 3.05) is 6.26 Å². The molecule has 21 heavy (non-hydrogen) atoms. The van der Waals surface area contributed by atoms with Crippen molar-refractivity contribution in [2.24, 2.45) is 0 Å². The molecule has 0 radical (unpaired) electrons. The molecule has 5 nitrogen and oxygen atoms in total. The summed E-state index contributed by atoms with van der Waals surface area (Å²) < 4.78 is 45.6. The number of thiophene rings is 1. The number of sulfonamides is 1. The van der Waals surface area contributed by atoms with Gasteiger partial charge in [-0.05, 0) is 40.1 Å². The van der Waals surface area contributed by atoms with E-state index in [1.54, 1.807) is 35.7 Å². The molecule has 0 saturated heterocycles. The van der Waals surface area contributed by atoms with Crippen molar-refractivity contribution >= 4 is 31.1 Å². The lowest BCUT2D eigenvalue weighted by Crippen LogP contribution is -2.24. The molecule has 0 fully saturated rings. The third-order valence-corrected chi connectivity index (χ3v) is 5.96. The maximum absolute atomic E-state index is 12.0. The Morgan fingerprint density at radius 1 is 1.19 bits per heavy atom. The van der Waals surface area contributed by atoms with E-state index in [1.807, 2.05) is 5.38 Å². The molecule has 0 aliphatic carbocycles. The van der Waals surface area contributed by atoms with E-state index in [0.717, 1.165) is 5.56 Å². The van der Waals surface area contributed by atoms with E-state index in [9.17, 15) is 12.6 Å². The lowest BCUT2D eigenvalue weighted by atomic mass is 10.2. The van der Waals surface area contributed by atoms with E-state index in [0.29, 0.717) is 10.5 Å². The van der Waals surface area contributed by atoms with Crippen LogP contribution in [-0.2, 0) is 32.0 Å². The Morgan fingerprint density at radius 2 is 1.95 bits per heavy atom. The highest BCUT2D eigenvalue weighted by Gasteiger charge is 2.12. The summed E-state index contributed by atoms with van der Waals surface area (Å²) in [5, 5.41) is 3.63. The van der Waals surface area contributed by atoms with Gasteiger partial charge in [-0.1, -0.05) is 12.1 Å². The average molecular weight is 344 g/mol. The first kappa shape index (κ1) is 16.2. The van der Waals surface area contributed by atoms with Gasteiger partial charge in [-0.3, -0.25) is 0 Å². The summed E-state index contributed by atoms with van der Waals surface area (Å²) >= 11 is 1.45. The van der Waals surface area contributed by atoms with Gasteiger partial charge in [-0.15, -0.1) is 0 Å². The molecule has 1 unspecified atom stereocenters. The standard InChI is InChI=1S/C13H16N2O3S3/c1-20(14,16)13-4-2-3-11(7-13)8-15-21(17,18)10-12-5-6-19-9-12/h2-7,9,14-15H,8,10H2,1H3. The smallest absolute Gasteiger partial charge is 0.216 e. The molecule has 1 aromatic carbocycles. The topological polar surface area (TPSA) is 87.1 Å². The zero-order valence-electron chi connectivity index (χ0n) is 11.4. The minimum Gasteiger partial charge on any atom is -0.249 e. The third-order valence-electron chi connectivity index (χ3n) is 2.78. The summed E-state index contributed by atoms with van der Waals surface area (Å²) in [4.78, 5) is 0.400. The maximum Gasteiger partial charge on any atom is 0.216 e. The molecule has 114 valence electrons. The van der Waals surface area contributed by atoms with Crippen LogP contribution in [0.5, 0.6) is 0 Å². The summed E-state index contributed by atoms with van der Waals surface area (Å²) in [6.07, 6.45) is 1.34. The molecule has 0 saturated carbocycles. The van der Waals surface area contributed by atoms with Gasteiger partial charge in [0.2, 0.25) is 10.0 Å². The van der Waals surface area contributed by atoms with Gasteiger partial charge in [0, 0.05) is 17.7 Å². The number of hydrogen-bond acceptors (Lipinski definition) is 5. The Morgan fingerprint density at radius 3 is 2.57 bits per heavy atom. The van der Waals surface area contributed by atoms with Gasteiger partial charge in [0.25, 0.3) is 0 Å². The zero-order chi connectivity index (χ0) is 15.5. The molecule has 2 N–H and O–H groups in total. The van der Waals surface area contributed by atoms with Gasteiger partial charge < -0.3 is 0 Å². The summed E-state index contributed by atoms with van der Waals surface area (Å²) in [7, 11) is -6.21. The van der Waals surface area contributed by atoms with Crippen molar-refractivity contribution in [3.05, 3.63) is 52.2 Å². The zero-order valence-corrected chi connectivity index (χ0v) is 13.9. The molecule has 0 aliphatic rings. The van der Waals surface area contributed by atoms with E-state index in [1.165, 1.54) is 17.6 Å². The molecule has 8 heteroatoms. The summed E-state index contributed by atoms with van der Waals surface area (Å²) in [6, 6.07) is 8.40. The Hall–Kier alpha value is -1.22. The van der Waals surface area contributed by atoms with Gasteiger partial charge in [-0.25, -0.2) is 22.1 Å². The highest BCUT2D eigenvalue weighted by atomic mass is 32.2. The maximum atomic E-state index is 12.0. The Kier molecular flexibility index (Phi) is 4.82. The van der Waals surface area contributed by atoms with Crippen molar-refractivity contribution < 1.29 is 12.6 Å². The molecular formula is C13H16N2O3S3. The Labute approximate surface area is 129 Å². The molecule has 1 aromatic heterocycles. The molecule has 0 bridgehead atoms. The van der Waals surface area contributed by atoms with Crippen LogP contribution in [0.3, 0.4) is 0 Å². The minimum absolute atomic E-state index is 0.0564. The average Bonchev–Trinajstić information content (AvgIpc) is 2.88. The number of nitrogens with one attached hydrogen (secondary N) is 2. The summed E-state index contributed by atoms with van der Waals surface area (Å²) in [5.41, 5.74) is 1.44. The van der Waals surface area contributed by atoms with Crippen LogP contribution in [0.15, 0.2) is 46.0 Å². The van der Waals surface area contributed by atoms with Crippen molar-refractivity contribution in [3.8, 4) is 0 Å². The van der Waals surface area contributed by atoms with Gasteiger partial charge >= 0.3 is 0 Å². The van der Waals surface area contributed by atoms with Crippen LogP contribution in [0, 0.1) is 4.78 Å². The van der Waals surface area contributed by atoms with Crippen LogP contribution >= 0.6 is 11.3 Å². The normalized spacial score (nSPS) is 14.7. The second-order valence-electron chi connectivity index (χ2n) is 4.70. The molecular weight excluding hydrogens is 328 g/mol. The molecule has 0 spiro atoms. The van der Waals surface area contributed by atoms with E-state index >= 15 is 0 Å². The second-order valence-corrected chi connectivity index (χ2v) is 9.45. The highest BCUT2D eigenvalue weighted by Crippen LogP contribution is 2.13. The fourth-order valence-electron chi connectivity index (χ4n) is 1.74. The lowest BCUT2D eigenvalue weighted by Gasteiger charge is -2.08. The predicted octanol–water partition coefficient (Wildman–Crippen LogP) is 2.40.